The summed E-state index contributed by atoms with van der Waals surface area (Å²) in [5, 5.41) is 0.884. The van der Waals surface area contributed by atoms with Crippen molar-refractivity contribution in [2.24, 2.45) is 5.73 Å². The molecule has 100 valence electrons. The number of amides is 1. The van der Waals surface area contributed by atoms with E-state index in [4.69, 9.17) is 11.5 Å². The molecule has 0 spiro atoms. The van der Waals surface area contributed by atoms with Gasteiger partial charge in [-0.1, -0.05) is 0 Å². The fourth-order valence-corrected chi connectivity index (χ4v) is 2.13. The number of pyridine rings is 1. The summed E-state index contributed by atoms with van der Waals surface area (Å²) in [6.07, 6.45) is 1.73. The van der Waals surface area contributed by atoms with Crippen molar-refractivity contribution < 1.29 is 4.79 Å². The molecule has 0 aliphatic rings. The van der Waals surface area contributed by atoms with Gasteiger partial charge in [-0.25, -0.2) is 0 Å². The van der Waals surface area contributed by atoms with Crippen LogP contribution >= 0.6 is 0 Å². The molecule has 2 aromatic rings. The number of benzene rings is 1. The number of rotatable bonds is 4. The normalized spacial score (nSPS) is 10.9. The highest BCUT2D eigenvalue weighted by Crippen LogP contribution is 2.31. The molecule has 5 nitrogen and oxygen atoms in total. The van der Waals surface area contributed by atoms with Gasteiger partial charge in [0.15, 0.2) is 0 Å². The smallest absolute Gasteiger partial charge is 0.236 e. The van der Waals surface area contributed by atoms with Crippen molar-refractivity contribution in [3.8, 4) is 0 Å². The molecule has 0 radical (unpaired) electrons. The zero-order valence-corrected chi connectivity index (χ0v) is 11.1. The maximum absolute atomic E-state index is 11.2. The zero-order chi connectivity index (χ0) is 14.0. The van der Waals surface area contributed by atoms with Crippen LogP contribution in [0.1, 0.15) is 13.8 Å². The largest absolute Gasteiger partial charge is 0.396 e. The van der Waals surface area contributed by atoms with Gasteiger partial charge in [0.25, 0.3) is 0 Å². The average Bonchev–Trinajstić information content (AvgIpc) is 2.37. The van der Waals surface area contributed by atoms with Gasteiger partial charge < -0.3 is 16.4 Å². The summed E-state index contributed by atoms with van der Waals surface area (Å²) in [5.74, 6) is -0.376. The summed E-state index contributed by atoms with van der Waals surface area (Å²) < 4.78 is 0. The van der Waals surface area contributed by atoms with E-state index in [0.717, 1.165) is 16.6 Å². The highest BCUT2D eigenvalue weighted by molar-refractivity contribution is 5.98. The lowest BCUT2D eigenvalue weighted by Gasteiger charge is -2.29. The number of hydrogen-bond acceptors (Lipinski definition) is 4. The lowest BCUT2D eigenvalue weighted by atomic mass is 10.1. The molecule has 0 unspecified atom stereocenters. The van der Waals surface area contributed by atoms with Gasteiger partial charge in [-0.3, -0.25) is 9.78 Å². The third-order valence-electron chi connectivity index (χ3n) is 3.06. The summed E-state index contributed by atoms with van der Waals surface area (Å²) in [4.78, 5) is 17.3. The van der Waals surface area contributed by atoms with E-state index in [9.17, 15) is 4.79 Å². The number of nitrogen functional groups attached to an aromatic ring is 1. The molecule has 0 saturated carbocycles. The first-order chi connectivity index (χ1) is 9.00. The van der Waals surface area contributed by atoms with E-state index in [0.29, 0.717) is 5.69 Å². The maximum atomic E-state index is 11.2. The van der Waals surface area contributed by atoms with Crippen molar-refractivity contribution in [1.29, 1.82) is 0 Å². The summed E-state index contributed by atoms with van der Waals surface area (Å²) in [7, 11) is 0. The van der Waals surface area contributed by atoms with Crippen molar-refractivity contribution in [3.05, 3.63) is 30.5 Å². The number of nitrogens with two attached hydrogens (primary N) is 2. The molecule has 0 saturated heterocycles. The second-order valence-electron chi connectivity index (χ2n) is 4.76. The minimum atomic E-state index is -0.376. The number of carbonyl (C=O) groups excluding carboxylic acids is 1. The van der Waals surface area contributed by atoms with Crippen LogP contribution in [0.25, 0.3) is 10.9 Å². The second kappa shape index (κ2) is 5.14. The zero-order valence-electron chi connectivity index (χ0n) is 11.1. The Morgan fingerprint density at radius 1 is 1.37 bits per heavy atom. The van der Waals surface area contributed by atoms with Crippen molar-refractivity contribution in [2.45, 2.75) is 19.9 Å². The monoisotopic (exact) mass is 258 g/mol. The lowest BCUT2D eigenvalue weighted by Crippen LogP contribution is -2.39. The van der Waals surface area contributed by atoms with Gasteiger partial charge >= 0.3 is 0 Å². The maximum Gasteiger partial charge on any atom is 0.236 e. The van der Waals surface area contributed by atoms with Gasteiger partial charge in [0, 0.05) is 17.6 Å². The number of nitrogens with zero attached hydrogens (tertiary/aromatic N) is 2. The summed E-state index contributed by atoms with van der Waals surface area (Å²) in [6, 6.07) is 7.68. The van der Waals surface area contributed by atoms with Crippen molar-refractivity contribution in [1.82, 2.24) is 4.98 Å². The molecule has 1 aromatic carbocycles. The number of carbonyl (C=O) groups is 1. The van der Waals surface area contributed by atoms with E-state index >= 15 is 0 Å². The Morgan fingerprint density at radius 2 is 2.11 bits per heavy atom. The molecule has 1 aromatic heterocycles. The quantitative estimate of drug-likeness (QED) is 0.814. The van der Waals surface area contributed by atoms with E-state index in [1.165, 1.54) is 0 Å². The van der Waals surface area contributed by atoms with E-state index in [1.807, 2.05) is 43.0 Å². The lowest BCUT2D eigenvalue weighted by molar-refractivity contribution is -0.116. The molecule has 0 aliphatic heterocycles. The highest BCUT2D eigenvalue weighted by atomic mass is 16.1. The van der Waals surface area contributed by atoms with E-state index in [2.05, 4.69) is 4.98 Å². The SMILES string of the molecule is CC(C)N(CC(N)=O)c1ccc2ncccc2c1N. The van der Waals surface area contributed by atoms with Gasteiger partial charge in [-0.15, -0.1) is 0 Å². The van der Waals surface area contributed by atoms with Crippen LogP contribution in [-0.2, 0) is 4.79 Å². The number of hydrogen-bond donors (Lipinski definition) is 2. The number of fused-ring (bicyclic) bond motifs is 1. The van der Waals surface area contributed by atoms with Crippen LogP contribution in [0, 0.1) is 0 Å². The van der Waals surface area contributed by atoms with Crippen LogP contribution in [0.2, 0.25) is 0 Å². The van der Waals surface area contributed by atoms with Gasteiger partial charge in [-0.2, -0.15) is 0 Å². The molecule has 4 N–H and O–H groups in total. The average molecular weight is 258 g/mol. The van der Waals surface area contributed by atoms with Gasteiger partial charge in [0.2, 0.25) is 5.91 Å². The number of aromatic nitrogens is 1. The molecule has 19 heavy (non-hydrogen) atoms. The molecule has 0 bridgehead atoms. The van der Waals surface area contributed by atoms with Gasteiger partial charge in [0.05, 0.1) is 23.4 Å². The predicted molar refractivity (Wildman–Crippen MR) is 77.8 cm³/mol. The molecular weight excluding hydrogens is 240 g/mol. The Bertz CT molecular complexity index is 609. The standard InChI is InChI=1S/C14H18N4O/c1-9(2)18(8-13(15)19)12-6-5-11-10(14(12)16)4-3-7-17-11/h3-7,9H,8,16H2,1-2H3,(H2,15,19). The van der Waals surface area contributed by atoms with Crippen LogP contribution in [-0.4, -0.2) is 23.5 Å². The van der Waals surface area contributed by atoms with E-state index < -0.39 is 0 Å². The minimum absolute atomic E-state index is 0.129. The summed E-state index contributed by atoms with van der Waals surface area (Å²) in [6.45, 7) is 4.14. The summed E-state index contributed by atoms with van der Waals surface area (Å²) in [5.41, 5.74) is 13.8. The van der Waals surface area contributed by atoms with Crippen molar-refractivity contribution in [2.75, 3.05) is 17.2 Å². The molecule has 0 atom stereocenters. The summed E-state index contributed by atoms with van der Waals surface area (Å²) >= 11 is 0. The molecular formula is C14H18N4O. The first kappa shape index (κ1) is 13.1. The fraction of sp³-hybridized carbons (Fsp3) is 0.286. The molecule has 1 amide bonds. The van der Waals surface area contributed by atoms with Crippen molar-refractivity contribution in [3.63, 3.8) is 0 Å². The Hall–Kier alpha value is -2.30. The minimum Gasteiger partial charge on any atom is -0.396 e. The number of anilines is 2. The van der Waals surface area contributed by atoms with Crippen LogP contribution in [0.4, 0.5) is 11.4 Å². The molecule has 0 aliphatic carbocycles. The van der Waals surface area contributed by atoms with Crippen LogP contribution in [0.5, 0.6) is 0 Å². The first-order valence-corrected chi connectivity index (χ1v) is 6.19. The fourth-order valence-electron chi connectivity index (χ4n) is 2.13. The third-order valence-corrected chi connectivity index (χ3v) is 3.06. The van der Waals surface area contributed by atoms with Gasteiger partial charge in [-0.05, 0) is 38.1 Å². The van der Waals surface area contributed by atoms with E-state index in [1.54, 1.807) is 6.20 Å². The molecule has 2 rings (SSSR count). The second-order valence-corrected chi connectivity index (χ2v) is 4.76. The van der Waals surface area contributed by atoms with Crippen LogP contribution < -0.4 is 16.4 Å². The Morgan fingerprint density at radius 3 is 2.74 bits per heavy atom. The first-order valence-electron chi connectivity index (χ1n) is 6.19. The van der Waals surface area contributed by atoms with Gasteiger partial charge in [0.1, 0.15) is 0 Å². The third kappa shape index (κ3) is 2.59. The van der Waals surface area contributed by atoms with Crippen molar-refractivity contribution >= 4 is 28.2 Å². The molecule has 5 heteroatoms. The van der Waals surface area contributed by atoms with E-state index in [-0.39, 0.29) is 18.5 Å². The highest BCUT2D eigenvalue weighted by Gasteiger charge is 2.17. The Labute approximate surface area is 112 Å². The van der Waals surface area contributed by atoms with Crippen LogP contribution in [0.15, 0.2) is 30.5 Å². The predicted octanol–water partition coefficient (Wildman–Crippen LogP) is 1.52. The number of primary amides is 1. The Kier molecular flexibility index (Phi) is 3.55. The Balaban J connectivity index is 2.54. The molecule has 1 heterocycles. The topological polar surface area (TPSA) is 85.2 Å². The molecule has 0 fully saturated rings. The van der Waals surface area contributed by atoms with Crippen LogP contribution in [0.3, 0.4) is 0 Å².